The first kappa shape index (κ1) is 17.0. The first-order chi connectivity index (χ1) is 12.0. The van der Waals surface area contributed by atoms with Gasteiger partial charge in [0.25, 0.3) is 0 Å². The standard InChI is InChI=1S/C18H25N3O3S/c22-17-6-3-11-21(17)15-4-1-2-5-16(15)25(23,24)20-12-8-18(9-13-20)7-10-19-14-18/h1-2,4-5,19H,3,6-14H2. The van der Waals surface area contributed by atoms with Crippen molar-refractivity contribution in [2.24, 2.45) is 5.41 Å². The van der Waals surface area contributed by atoms with Gasteiger partial charge in [0, 0.05) is 32.6 Å². The number of para-hydroxylation sites is 1. The first-order valence-corrected chi connectivity index (χ1v) is 10.6. The van der Waals surface area contributed by atoms with Gasteiger partial charge >= 0.3 is 0 Å². The number of nitrogens with one attached hydrogen (secondary N) is 1. The van der Waals surface area contributed by atoms with Gasteiger partial charge in [-0.2, -0.15) is 4.31 Å². The zero-order valence-electron chi connectivity index (χ0n) is 14.4. The number of piperidine rings is 1. The number of carbonyl (C=O) groups is 1. The van der Waals surface area contributed by atoms with E-state index in [4.69, 9.17) is 0 Å². The van der Waals surface area contributed by atoms with E-state index in [9.17, 15) is 13.2 Å². The summed E-state index contributed by atoms with van der Waals surface area (Å²) in [6.45, 7) is 3.76. The fourth-order valence-electron chi connectivity index (χ4n) is 4.36. The number of hydrogen-bond donors (Lipinski definition) is 1. The highest BCUT2D eigenvalue weighted by molar-refractivity contribution is 7.89. The third-order valence-corrected chi connectivity index (χ3v) is 7.91. The Kier molecular flexibility index (Phi) is 4.33. The molecule has 3 heterocycles. The molecule has 3 fully saturated rings. The normalized spacial score (nSPS) is 24.3. The van der Waals surface area contributed by atoms with Crippen molar-refractivity contribution >= 4 is 21.6 Å². The summed E-state index contributed by atoms with van der Waals surface area (Å²) in [4.78, 5) is 14.0. The summed E-state index contributed by atoms with van der Waals surface area (Å²) < 4.78 is 28.1. The van der Waals surface area contributed by atoms with E-state index < -0.39 is 10.0 Å². The second-order valence-electron chi connectivity index (χ2n) is 7.45. The Bertz CT molecular complexity index is 762. The number of nitrogens with zero attached hydrogens (tertiary/aromatic N) is 2. The molecule has 6 nitrogen and oxygen atoms in total. The van der Waals surface area contributed by atoms with Crippen LogP contribution in [0.25, 0.3) is 0 Å². The number of anilines is 1. The SMILES string of the molecule is O=C1CCCN1c1ccccc1S(=O)(=O)N1CCC2(CCNC2)CC1. The molecule has 4 rings (SSSR count). The summed E-state index contributed by atoms with van der Waals surface area (Å²) in [6.07, 6.45) is 4.23. The Morgan fingerprint density at radius 3 is 2.44 bits per heavy atom. The molecule has 7 heteroatoms. The molecular formula is C18H25N3O3S. The average Bonchev–Trinajstić information content (AvgIpc) is 3.25. The van der Waals surface area contributed by atoms with Crippen LogP contribution in [0, 0.1) is 5.41 Å². The largest absolute Gasteiger partial charge is 0.316 e. The highest BCUT2D eigenvalue weighted by Crippen LogP contribution is 2.39. The van der Waals surface area contributed by atoms with E-state index in [1.54, 1.807) is 33.5 Å². The molecule has 0 saturated carbocycles. The van der Waals surface area contributed by atoms with Gasteiger partial charge in [-0.3, -0.25) is 4.79 Å². The lowest BCUT2D eigenvalue weighted by molar-refractivity contribution is -0.117. The molecule has 0 aliphatic carbocycles. The summed E-state index contributed by atoms with van der Waals surface area (Å²) in [5.41, 5.74) is 0.809. The molecule has 3 saturated heterocycles. The van der Waals surface area contributed by atoms with Crippen molar-refractivity contribution < 1.29 is 13.2 Å². The third-order valence-electron chi connectivity index (χ3n) is 5.96. The molecule has 1 amide bonds. The minimum absolute atomic E-state index is 0.0114. The maximum atomic E-state index is 13.2. The predicted octanol–water partition coefficient (Wildman–Crippen LogP) is 1.58. The lowest BCUT2D eigenvalue weighted by atomic mass is 9.78. The van der Waals surface area contributed by atoms with Crippen LogP contribution >= 0.6 is 0 Å². The van der Waals surface area contributed by atoms with Crippen LogP contribution in [0.15, 0.2) is 29.2 Å². The minimum atomic E-state index is -3.58. The number of benzene rings is 1. The molecule has 0 unspecified atom stereocenters. The topological polar surface area (TPSA) is 69.7 Å². The van der Waals surface area contributed by atoms with Crippen LogP contribution in [0.4, 0.5) is 5.69 Å². The molecule has 3 aliphatic rings. The summed E-state index contributed by atoms with van der Waals surface area (Å²) in [5, 5.41) is 3.41. The van der Waals surface area contributed by atoms with Crippen molar-refractivity contribution in [3.05, 3.63) is 24.3 Å². The zero-order chi connectivity index (χ0) is 17.5. The van der Waals surface area contributed by atoms with Crippen LogP contribution in [0.1, 0.15) is 32.1 Å². The molecule has 0 atom stereocenters. The number of hydrogen-bond acceptors (Lipinski definition) is 4. The smallest absolute Gasteiger partial charge is 0.245 e. The van der Waals surface area contributed by atoms with E-state index in [1.807, 2.05) is 0 Å². The Hall–Kier alpha value is -1.44. The van der Waals surface area contributed by atoms with Crippen molar-refractivity contribution in [1.29, 1.82) is 0 Å². The molecule has 136 valence electrons. The van der Waals surface area contributed by atoms with Crippen LogP contribution < -0.4 is 10.2 Å². The Labute approximate surface area is 149 Å². The highest BCUT2D eigenvalue weighted by Gasteiger charge is 2.41. The van der Waals surface area contributed by atoms with Crippen molar-refractivity contribution in [2.75, 3.05) is 37.6 Å². The lowest BCUT2D eigenvalue weighted by Gasteiger charge is -2.38. The molecule has 1 N–H and O–H groups in total. The van der Waals surface area contributed by atoms with Gasteiger partial charge in [-0.1, -0.05) is 12.1 Å². The van der Waals surface area contributed by atoms with Gasteiger partial charge in [0.2, 0.25) is 15.9 Å². The van der Waals surface area contributed by atoms with Gasteiger partial charge in [0.05, 0.1) is 5.69 Å². The van der Waals surface area contributed by atoms with Crippen LogP contribution in [0.2, 0.25) is 0 Å². The quantitative estimate of drug-likeness (QED) is 0.885. The second kappa shape index (κ2) is 6.37. The van der Waals surface area contributed by atoms with E-state index in [-0.39, 0.29) is 16.2 Å². The molecular weight excluding hydrogens is 338 g/mol. The summed E-state index contributed by atoms with van der Waals surface area (Å²) >= 11 is 0. The summed E-state index contributed by atoms with van der Waals surface area (Å²) in [7, 11) is -3.58. The summed E-state index contributed by atoms with van der Waals surface area (Å²) in [6, 6.07) is 6.93. The Balaban J connectivity index is 1.60. The lowest BCUT2D eigenvalue weighted by Crippen LogP contribution is -2.44. The molecule has 1 spiro atoms. The van der Waals surface area contributed by atoms with Crippen LogP contribution in [-0.4, -0.2) is 51.4 Å². The van der Waals surface area contributed by atoms with Gasteiger partial charge in [-0.25, -0.2) is 8.42 Å². The van der Waals surface area contributed by atoms with Gasteiger partial charge in [0.1, 0.15) is 4.90 Å². The maximum Gasteiger partial charge on any atom is 0.245 e. The zero-order valence-corrected chi connectivity index (χ0v) is 15.2. The van der Waals surface area contributed by atoms with Gasteiger partial charge < -0.3 is 10.2 Å². The van der Waals surface area contributed by atoms with Crippen LogP contribution in [0.5, 0.6) is 0 Å². The van der Waals surface area contributed by atoms with E-state index in [0.717, 1.165) is 38.8 Å². The fraction of sp³-hybridized carbons (Fsp3) is 0.611. The van der Waals surface area contributed by atoms with E-state index in [1.165, 1.54) is 0 Å². The Morgan fingerprint density at radius 1 is 1.04 bits per heavy atom. The van der Waals surface area contributed by atoms with Crippen molar-refractivity contribution in [2.45, 2.75) is 37.0 Å². The predicted molar refractivity (Wildman–Crippen MR) is 95.9 cm³/mol. The highest BCUT2D eigenvalue weighted by atomic mass is 32.2. The Morgan fingerprint density at radius 2 is 1.80 bits per heavy atom. The molecule has 0 aromatic heterocycles. The summed E-state index contributed by atoms with van der Waals surface area (Å²) in [5.74, 6) is 0.0114. The molecule has 0 bridgehead atoms. The van der Waals surface area contributed by atoms with Crippen LogP contribution in [0.3, 0.4) is 0 Å². The van der Waals surface area contributed by atoms with Gasteiger partial charge in [-0.05, 0) is 49.8 Å². The van der Waals surface area contributed by atoms with Crippen molar-refractivity contribution in [3.63, 3.8) is 0 Å². The third kappa shape index (κ3) is 2.98. The van der Waals surface area contributed by atoms with E-state index >= 15 is 0 Å². The number of sulfonamides is 1. The molecule has 0 radical (unpaired) electrons. The van der Waals surface area contributed by atoms with E-state index in [2.05, 4.69) is 5.32 Å². The van der Waals surface area contributed by atoms with Crippen LogP contribution in [-0.2, 0) is 14.8 Å². The van der Waals surface area contributed by atoms with Crippen molar-refractivity contribution in [1.82, 2.24) is 9.62 Å². The maximum absolute atomic E-state index is 13.2. The minimum Gasteiger partial charge on any atom is -0.316 e. The molecule has 25 heavy (non-hydrogen) atoms. The monoisotopic (exact) mass is 363 g/mol. The van der Waals surface area contributed by atoms with Gasteiger partial charge in [-0.15, -0.1) is 0 Å². The van der Waals surface area contributed by atoms with Gasteiger partial charge in [0.15, 0.2) is 0 Å². The average molecular weight is 363 g/mol. The molecule has 1 aromatic rings. The number of amides is 1. The molecule has 1 aromatic carbocycles. The van der Waals surface area contributed by atoms with Crippen molar-refractivity contribution in [3.8, 4) is 0 Å². The first-order valence-electron chi connectivity index (χ1n) is 9.12. The number of rotatable bonds is 3. The number of carbonyl (C=O) groups excluding carboxylic acids is 1. The molecule has 3 aliphatic heterocycles. The second-order valence-corrected chi connectivity index (χ2v) is 9.35. The van der Waals surface area contributed by atoms with E-state index in [0.29, 0.717) is 31.7 Å². The fourth-order valence-corrected chi connectivity index (χ4v) is 6.00.